The molecule has 1 unspecified atom stereocenters. The highest BCUT2D eigenvalue weighted by atomic mass is 15.1. The highest BCUT2D eigenvalue weighted by Gasteiger charge is 2.17. The molecule has 0 amide bonds. The molecule has 2 aromatic carbocycles. The summed E-state index contributed by atoms with van der Waals surface area (Å²) in [6.45, 7) is 4.88. The Morgan fingerprint density at radius 2 is 1.74 bits per heavy atom. The molecule has 2 N–H and O–H groups in total. The largest absolute Gasteiger partial charge is 0.366 e. The summed E-state index contributed by atoms with van der Waals surface area (Å²) in [5.41, 5.74) is 11.1. The van der Waals surface area contributed by atoms with Crippen molar-refractivity contribution in [3.63, 3.8) is 0 Å². The standard InChI is InChI=1S/C17H22N2/c1-13-9-10-16(14(2)11-13)17(12-18)19(3)15-7-5-4-6-8-15/h4-11,17H,12,18H2,1-3H3. The van der Waals surface area contributed by atoms with Gasteiger partial charge in [0.25, 0.3) is 0 Å². The predicted molar refractivity (Wildman–Crippen MR) is 82.6 cm³/mol. The maximum absolute atomic E-state index is 6.01. The van der Waals surface area contributed by atoms with Crippen molar-refractivity contribution in [3.8, 4) is 0 Å². The highest BCUT2D eigenvalue weighted by Crippen LogP contribution is 2.27. The van der Waals surface area contributed by atoms with Crippen LogP contribution in [0.5, 0.6) is 0 Å². The lowest BCUT2D eigenvalue weighted by molar-refractivity contribution is 0.676. The van der Waals surface area contributed by atoms with Crippen LogP contribution in [0.15, 0.2) is 48.5 Å². The van der Waals surface area contributed by atoms with Gasteiger partial charge in [-0.05, 0) is 37.1 Å². The fraction of sp³-hybridized carbons (Fsp3) is 0.294. The minimum absolute atomic E-state index is 0.211. The lowest BCUT2D eigenvalue weighted by Gasteiger charge is -2.30. The summed E-state index contributed by atoms with van der Waals surface area (Å²) in [4.78, 5) is 2.25. The Morgan fingerprint density at radius 3 is 2.32 bits per heavy atom. The van der Waals surface area contributed by atoms with E-state index >= 15 is 0 Å². The molecule has 0 aliphatic heterocycles. The second-order valence-electron chi connectivity index (χ2n) is 5.06. The van der Waals surface area contributed by atoms with E-state index in [1.165, 1.54) is 22.4 Å². The molecule has 2 nitrogen and oxygen atoms in total. The topological polar surface area (TPSA) is 29.3 Å². The van der Waals surface area contributed by atoms with Gasteiger partial charge in [0.1, 0.15) is 0 Å². The van der Waals surface area contributed by atoms with Crippen LogP contribution in [0.3, 0.4) is 0 Å². The average Bonchev–Trinajstić information content (AvgIpc) is 2.42. The normalized spacial score (nSPS) is 12.2. The van der Waals surface area contributed by atoms with E-state index in [2.05, 4.69) is 68.3 Å². The van der Waals surface area contributed by atoms with Gasteiger partial charge in [-0.25, -0.2) is 0 Å². The van der Waals surface area contributed by atoms with E-state index < -0.39 is 0 Å². The Labute approximate surface area is 115 Å². The monoisotopic (exact) mass is 254 g/mol. The molecular weight excluding hydrogens is 232 g/mol. The number of rotatable bonds is 4. The van der Waals surface area contributed by atoms with Gasteiger partial charge in [0.15, 0.2) is 0 Å². The summed E-state index contributed by atoms with van der Waals surface area (Å²) in [5, 5.41) is 0. The Bertz CT molecular complexity index is 534. The average molecular weight is 254 g/mol. The molecule has 2 aromatic rings. The molecule has 2 rings (SSSR count). The summed E-state index contributed by atoms with van der Waals surface area (Å²) in [7, 11) is 2.10. The Kier molecular flexibility index (Phi) is 4.23. The van der Waals surface area contributed by atoms with Gasteiger partial charge in [-0.2, -0.15) is 0 Å². The van der Waals surface area contributed by atoms with Crippen LogP contribution in [0.2, 0.25) is 0 Å². The van der Waals surface area contributed by atoms with Crippen molar-refractivity contribution in [2.24, 2.45) is 5.73 Å². The minimum atomic E-state index is 0.211. The molecule has 0 fully saturated rings. The number of nitrogens with two attached hydrogens (primary N) is 1. The number of anilines is 1. The molecule has 0 aromatic heterocycles. The number of aryl methyl sites for hydroxylation is 2. The number of hydrogen-bond donors (Lipinski definition) is 1. The molecule has 19 heavy (non-hydrogen) atoms. The molecule has 0 saturated carbocycles. The van der Waals surface area contributed by atoms with Crippen LogP contribution >= 0.6 is 0 Å². The third kappa shape index (κ3) is 2.96. The first-order valence-corrected chi connectivity index (χ1v) is 6.68. The maximum Gasteiger partial charge on any atom is 0.0664 e. The van der Waals surface area contributed by atoms with Crippen LogP contribution in [-0.2, 0) is 0 Å². The van der Waals surface area contributed by atoms with Crippen molar-refractivity contribution in [1.82, 2.24) is 0 Å². The van der Waals surface area contributed by atoms with Gasteiger partial charge in [0.05, 0.1) is 6.04 Å². The first-order valence-electron chi connectivity index (χ1n) is 6.68. The van der Waals surface area contributed by atoms with Crippen molar-refractivity contribution in [2.45, 2.75) is 19.9 Å². The van der Waals surface area contributed by atoms with E-state index in [-0.39, 0.29) is 6.04 Å². The lowest BCUT2D eigenvalue weighted by Crippen LogP contribution is -2.30. The van der Waals surface area contributed by atoms with E-state index in [0.717, 1.165) is 0 Å². The molecular formula is C17H22N2. The zero-order valence-electron chi connectivity index (χ0n) is 11.9. The van der Waals surface area contributed by atoms with Crippen LogP contribution in [0.4, 0.5) is 5.69 Å². The zero-order chi connectivity index (χ0) is 13.8. The van der Waals surface area contributed by atoms with Gasteiger partial charge in [-0.1, -0.05) is 42.0 Å². The van der Waals surface area contributed by atoms with E-state index in [4.69, 9.17) is 5.73 Å². The van der Waals surface area contributed by atoms with Gasteiger partial charge in [-0.3, -0.25) is 0 Å². The number of likely N-dealkylation sites (N-methyl/N-ethyl adjacent to an activating group) is 1. The molecule has 0 heterocycles. The number of benzene rings is 2. The van der Waals surface area contributed by atoms with Crippen LogP contribution in [0.1, 0.15) is 22.7 Å². The number of hydrogen-bond acceptors (Lipinski definition) is 2. The van der Waals surface area contributed by atoms with E-state index in [0.29, 0.717) is 6.54 Å². The quantitative estimate of drug-likeness (QED) is 0.905. The molecule has 0 radical (unpaired) electrons. The molecule has 0 aliphatic rings. The molecule has 0 bridgehead atoms. The van der Waals surface area contributed by atoms with Crippen LogP contribution < -0.4 is 10.6 Å². The lowest BCUT2D eigenvalue weighted by atomic mass is 9.98. The smallest absolute Gasteiger partial charge is 0.0664 e. The number of nitrogens with zero attached hydrogens (tertiary/aromatic N) is 1. The molecule has 0 spiro atoms. The Morgan fingerprint density at radius 1 is 1.05 bits per heavy atom. The van der Waals surface area contributed by atoms with Crippen molar-refractivity contribution in [3.05, 3.63) is 65.2 Å². The first kappa shape index (κ1) is 13.6. The second-order valence-corrected chi connectivity index (χ2v) is 5.06. The molecule has 0 aliphatic carbocycles. The zero-order valence-corrected chi connectivity index (χ0v) is 11.9. The molecule has 0 saturated heterocycles. The van der Waals surface area contributed by atoms with Gasteiger partial charge < -0.3 is 10.6 Å². The fourth-order valence-electron chi connectivity index (χ4n) is 2.54. The van der Waals surface area contributed by atoms with Gasteiger partial charge in [0.2, 0.25) is 0 Å². The van der Waals surface area contributed by atoms with Gasteiger partial charge in [0, 0.05) is 19.3 Å². The Hall–Kier alpha value is -1.80. The van der Waals surface area contributed by atoms with Gasteiger partial charge in [-0.15, -0.1) is 0 Å². The first-order chi connectivity index (χ1) is 9.13. The predicted octanol–water partition coefficient (Wildman–Crippen LogP) is 3.44. The van der Waals surface area contributed by atoms with Crippen molar-refractivity contribution < 1.29 is 0 Å². The summed E-state index contributed by atoms with van der Waals surface area (Å²) >= 11 is 0. The minimum Gasteiger partial charge on any atom is -0.366 e. The highest BCUT2D eigenvalue weighted by molar-refractivity contribution is 5.49. The second kappa shape index (κ2) is 5.89. The number of para-hydroxylation sites is 1. The van der Waals surface area contributed by atoms with E-state index in [9.17, 15) is 0 Å². The third-order valence-electron chi connectivity index (χ3n) is 3.64. The third-order valence-corrected chi connectivity index (χ3v) is 3.64. The summed E-state index contributed by atoms with van der Waals surface area (Å²) in [6, 6.07) is 17.2. The van der Waals surface area contributed by atoms with Crippen molar-refractivity contribution >= 4 is 5.69 Å². The van der Waals surface area contributed by atoms with Crippen molar-refractivity contribution in [2.75, 3.05) is 18.5 Å². The fourth-order valence-corrected chi connectivity index (χ4v) is 2.54. The molecule has 100 valence electrons. The summed E-state index contributed by atoms with van der Waals surface area (Å²) in [5.74, 6) is 0. The van der Waals surface area contributed by atoms with Crippen LogP contribution in [-0.4, -0.2) is 13.6 Å². The van der Waals surface area contributed by atoms with E-state index in [1.807, 2.05) is 6.07 Å². The van der Waals surface area contributed by atoms with Gasteiger partial charge >= 0.3 is 0 Å². The van der Waals surface area contributed by atoms with E-state index in [1.54, 1.807) is 0 Å². The van der Waals surface area contributed by atoms with Crippen molar-refractivity contribution in [1.29, 1.82) is 0 Å². The van der Waals surface area contributed by atoms with Crippen LogP contribution in [0, 0.1) is 13.8 Å². The molecule has 2 heteroatoms. The summed E-state index contributed by atoms with van der Waals surface area (Å²) in [6.07, 6.45) is 0. The Balaban J connectivity index is 2.34. The van der Waals surface area contributed by atoms with Crippen LogP contribution in [0.25, 0.3) is 0 Å². The summed E-state index contributed by atoms with van der Waals surface area (Å²) < 4.78 is 0. The SMILES string of the molecule is Cc1ccc(C(CN)N(C)c2ccccc2)c(C)c1. The maximum atomic E-state index is 6.01. The molecule has 1 atom stereocenters.